The van der Waals surface area contributed by atoms with E-state index >= 15 is 0 Å². The predicted molar refractivity (Wildman–Crippen MR) is 93.5 cm³/mol. The number of amides is 2. The number of H-pyrrole nitrogens is 1. The maximum atomic E-state index is 13.9. The number of carbonyl (C=O) groups excluding carboxylic acids is 2. The molecular weight excluding hydrogens is 337 g/mol. The van der Waals surface area contributed by atoms with Gasteiger partial charge < -0.3 is 19.6 Å². The Morgan fingerprint density at radius 2 is 2.19 bits per heavy atom. The molecule has 0 unspecified atom stereocenters. The van der Waals surface area contributed by atoms with E-state index in [-0.39, 0.29) is 29.4 Å². The Bertz CT molecular complexity index is 938. The first-order valence-electron chi connectivity index (χ1n) is 8.44. The SMILES string of the molecule is Cc1ccc(F)c2[nH]c(C(=O)N3CC[C@@H](NC(=O)c4ccco4)C3)cc12. The molecule has 0 spiro atoms. The van der Waals surface area contributed by atoms with Crippen molar-refractivity contribution in [1.82, 2.24) is 15.2 Å². The van der Waals surface area contributed by atoms with Crippen LogP contribution in [0.3, 0.4) is 0 Å². The Morgan fingerprint density at radius 1 is 1.35 bits per heavy atom. The number of furan rings is 1. The molecule has 1 atom stereocenters. The van der Waals surface area contributed by atoms with Crippen LogP contribution in [0.15, 0.2) is 41.0 Å². The number of carbonyl (C=O) groups is 2. The van der Waals surface area contributed by atoms with Gasteiger partial charge in [-0.2, -0.15) is 0 Å². The van der Waals surface area contributed by atoms with Gasteiger partial charge in [0.2, 0.25) is 0 Å². The first kappa shape index (κ1) is 16.4. The first-order valence-corrected chi connectivity index (χ1v) is 8.44. The largest absolute Gasteiger partial charge is 0.459 e. The number of rotatable bonds is 3. The molecule has 0 saturated carbocycles. The summed E-state index contributed by atoms with van der Waals surface area (Å²) in [6.45, 7) is 2.81. The van der Waals surface area contributed by atoms with E-state index in [1.54, 1.807) is 29.2 Å². The Balaban J connectivity index is 1.47. The molecule has 26 heavy (non-hydrogen) atoms. The smallest absolute Gasteiger partial charge is 0.287 e. The first-order chi connectivity index (χ1) is 12.5. The van der Waals surface area contributed by atoms with Gasteiger partial charge in [-0.05, 0) is 43.2 Å². The molecule has 134 valence electrons. The van der Waals surface area contributed by atoms with Gasteiger partial charge in [-0.3, -0.25) is 9.59 Å². The van der Waals surface area contributed by atoms with Crippen molar-refractivity contribution in [2.45, 2.75) is 19.4 Å². The molecule has 3 heterocycles. The van der Waals surface area contributed by atoms with E-state index in [1.165, 1.54) is 12.3 Å². The van der Waals surface area contributed by atoms with Crippen LogP contribution in [-0.4, -0.2) is 40.8 Å². The maximum absolute atomic E-state index is 13.9. The zero-order valence-corrected chi connectivity index (χ0v) is 14.2. The summed E-state index contributed by atoms with van der Waals surface area (Å²) < 4.78 is 19.0. The Labute approximate surface area is 149 Å². The highest BCUT2D eigenvalue weighted by Crippen LogP contribution is 2.24. The van der Waals surface area contributed by atoms with Gasteiger partial charge in [-0.15, -0.1) is 0 Å². The minimum absolute atomic E-state index is 0.139. The Morgan fingerprint density at radius 3 is 2.92 bits per heavy atom. The molecule has 1 aromatic carbocycles. The summed E-state index contributed by atoms with van der Waals surface area (Å²) in [5.41, 5.74) is 1.60. The van der Waals surface area contributed by atoms with Crippen LogP contribution in [0.5, 0.6) is 0 Å². The number of halogens is 1. The molecule has 0 bridgehead atoms. The lowest BCUT2D eigenvalue weighted by molar-refractivity contribution is 0.0777. The minimum Gasteiger partial charge on any atom is -0.459 e. The standard InChI is InChI=1S/C19H18FN3O3/c1-11-4-5-14(20)17-13(11)9-15(22-17)19(25)23-7-6-12(10-23)21-18(24)16-3-2-8-26-16/h2-5,8-9,12,22H,6-7,10H2,1H3,(H,21,24)/t12-/m1/s1. The lowest BCUT2D eigenvalue weighted by Crippen LogP contribution is -2.38. The van der Waals surface area contributed by atoms with E-state index in [1.807, 2.05) is 6.92 Å². The van der Waals surface area contributed by atoms with Crippen LogP contribution in [-0.2, 0) is 0 Å². The summed E-state index contributed by atoms with van der Waals surface area (Å²) in [5, 5.41) is 3.57. The second-order valence-electron chi connectivity index (χ2n) is 6.52. The molecule has 1 aliphatic heterocycles. The fourth-order valence-corrected chi connectivity index (χ4v) is 3.34. The summed E-state index contributed by atoms with van der Waals surface area (Å²) in [7, 11) is 0. The molecule has 1 saturated heterocycles. The number of aryl methyl sites for hydroxylation is 1. The van der Waals surface area contributed by atoms with Gasteiger partial charge in [0, 0.05) is 24.5 Å². The van der Waals surface area contributed by atoms with Crippen LogP contribution < -0.4 is 5.32 Å². The number of benzene rings is 1. The summed E-state index contributed by atoms with van der Waals surface area (Å²) in [6.07, 6.45) is 2.10. The van der Waals surface area contributed by atoms with Gasteiger partial charge in [0.15, 0.2) is 5.76 Å². The number of aromatic nitrogens is 1. The molecule has 2 aromatic heterocycles. The van der Waals surface area contributed by atoms with Crippen molar-refractivity contribution in [3.8, 4) is 0 Å². The number of fused-ring (bicyclic) bond motifs is 1. The van der Waals surface area contributed by atoms with Gasteiger partial charge in [0.05, 0.1) is 11.8 Å². The number of aromatic amines is 1. The summed E-state index contributed by atoms with van der Waals surface area (Å²) in [4.78, 5) is 29.3. The van der Waals surface area contributed by atoms with Crippen molar-refractivity contribution >= 4 is 22.7 Å². The monoisotopic (exact) mass is 355 g/mol. The van der Waals surface area contributed by atoms with Crippen LogP contribution in [0, 0.1) is 12.7 Å². The van der Waals surface area contributed by atoms with Crippen LogP contribution in [0.4, 0.5) is 4.39 Å². The lowest BCUT2D eigenvalue weighted by atomic mass is 10.1. The third-order valence-electron chi connectivity index (χ3n) is 4.75. The van der Waals surface area contributed by atoms with Gasteiger partial charge in [-0.25, -0.2) is 4.39 Å². The molecule has 1 fully saturated rings. The van der Waals surface area contributed by atoms with Crippen LogP contribution in [0.2, 0.25) is 0 Å². The average Bonchev–Trinajstić information content (AvgIpc) is 3.37. The molecule has 1 aliphatic rings. The van der Waals surface area contributed by atoms with Crippen molar-refractivity contribution in [3.05, 3.63) is 59.4 Å². The highest BCUT2D eigenvalue weighted by molar-refractivity contribution is 5.99. The summed E-state index contributed by atoms with van der Waals surface area (Å²) in [5.74, 6) is -0.627. The van der Waals surface area contributed by atoms with E-state index in [4.69, 9.17) is 4.42 Å². The van der Waals surface area contributed by atoms with Crippen molar-refractivity contribution in [3.63, 3.8) is 0 Å². The van der Waals surface area contributed by atoms with Gasteiger partial charge in [0.1, 0.15) is 11.5 Å². The van der Waals surface area contributed by atoms with E-state index in [0.29, 0.717) is 36.1 Å². The number of hydrogen-bond acceptors (Lipinski definition) is 3. The molecule has 7 heteroatoms. The molecule has 0 aliphatic carbocycles. The van der Waals surface area contributed by atoms with Crippen molar-refractivity contribution in [1.29, 1.82) is 0 Å². The van der Waals surface area contributed by atoms with E-state index in [9.17, 15) is 14.0 Å². The summed E-state index contributed by atoms with van der Waals surface area (Å²) >= 11 is 0. The van der Waals surface area contributed by atoms with E-state index < -0.39 is 0 Å². The molecule has 6 nitrogen and oxygen atoms in total. The molecule has 4 rings (SSSR count). The van der Waals surface area contributed by atoms with Crippen LogP contribution in [0.1, 0.15) is 33.0 Å². The highest BCUT2D eigenvalue weighted by atomic mass is 19.1. The number of nitrogens with zero attached hydrogens (tertiary/aromatic N) is 1. The van der Waals surface area contributed by atoms with Gasteiger partial charge in [0.25, 0.3) is 11.8 Å². The van der Waals surface area contributed by atoms with Gasteiger partial charge in [-0.1, -0.05) is 6.07 Å². The third-order valence-corrected chi connectivity index (χ3v) is 4.75. The molecule has 0 radical (unpaired) electrons. The van der Waals surface area contributed by atoms with E-state index in [2.05, 4.69) is 10.3 Å². The van der Waals surface area contributed by atoms with Crippen molar-refractivity contribution < 1.29 is 18.4 Å². The fraction of sp³-hybridized carbons (Fsp3) is 0.263. The number of likely N-dealkylation sites (tertiary alicyclic amines) is 1. The van der Waals surface area contributed by atoms with Crippen LogP contribution >= 0.6 is 0 Å². The van der Waals surface area contributed by atoms with Crippen molar-refractivity contribution in [2.75, 3.05) is 13.1 Å². The maximum Gasteiger partial charge on any atom is 0.287 e. The lowest BCUT2D eigenvalue weighted by Gasteiger charge is -2.16. The number of hydrogen-bond donors (Lipinski definition) is 2. The van der Waals surface area contributed by atoms with E-state index in [0.717, 1.165) is 5.56 Å². The topological polar surface area (TPSA) is 78.3 Å². The predicted octanol–water partition coefficient (Wildman–Crippen LogP) is 2.85. The normalized spacial score (nSPS) is 17.0. The quantitative estimate of drug-likeness (QED) is 0.758. The molecule has 2 N–H and O–H groups in total. The highest BCUT2D eigenvalue weighted by Gasteiger charge is 2.29. The Hall–Kier alpha value is -3.09. The molecule has 2 amide bonds. The average molecular weight is 355 g/mol. The molecule has 3 aromatic rings. The fourth-order valence-electron chi connectivity index (χ4n) is 3.34. The third kappa shape index (κ3) is 2.85. The van der Waals surface area contributed by atoms with Crippen molar-refractivity contribution in [2.24, 2.45) is 0 Å². The van der Waals surface area contributed by atoms with Crippen LogP contribution in [0.25, 0.3) is 10.9 Å². The molecular formula is C19H18FN3O3. The van der Waals surface area contributed by atoms with Gasteiger partial charge >= 0.3 is 0 Å². The number of nitrogens with one attached hydrogen (secondary N) is 2. The Kier molecular flexibility index (Phi) is 3.99. The zero-order valence-electron chi connectivity index (χ0n) is 14.2. The second kappa shape index (κ2) is 6.33. The second-order valence-corrected chi connectivity index (χ2v) is 6.52. The minimum atomic E-state index is -0.380. The zero-order chi connectivity index (χ0) is 18.3. The summed E-state index contributed by atoms with van der Waals surface area (Å²) in [6, 6.07) is 7.86.